The van der Waals surface area contributed by atoms with E-state index in [0.29, 0.717) is 18.9 Å². The summed E-state index contributed by atoms with van der Waals surface area (Å²) in [4.78, 5) is 9.79. The number of aliphatic hydroxyl groups excluding tert-OH is 1. The number of rotatable bonds is 6. The standard InChI is InChI=1S/C7H15NO2/c1-2-7(5-9)3-4-8-6-10/h6-7,9H,2-5H2,1H3,(H,8,10). The molecule has 0 rings (SSSR count). The first-order valence-electron chi connectivity index (χ1n) is 3.63. The third-order valence-electron chi connectivity index (χ3n) is 1.62. The summed E-state index contributed by atoms with van der Waals surface area (Å²) in [5, 5.41) is 11.3. The zero-order valence-electron chi connectivity index (χ0n) is 6.34. The number of carbonyl (C=O) groups excluding carboxylic acids is 1. The molecule has 1 amide bonds. The van der Waals surface area contributed by atoms with E-state index in [4.69, 9.17) is 5.11 Å². The first kappa shape index (κ1) is 9.43. The molecule has 0 saturated heterocycles. The molecule has 0 bridgehead atoms. The Morgan fingerprint density at radius 3 is 2.80 bits per heavy atom. The lowest BCUT2D eigenvalue weighted by Crippen LogP contribution is -2.17. The Balaban J connectivity index is 3.16. The Hall–Kier alpha value is -0.570. The van der Waals surface area contributed by atoms with Crippen molar-refractivity contribution in [2.75, 3.05) is 13.2 Å². The zero-order valence-corrected chi connectivity index (χ0v) is 6.34. The topological polar surface area (TPSA) is 49.3 Å². The molecule has 3 nitrogen and oxygen atoms in total. The summed E-state index contributed by atoms with van der Waals surface area (Å²) in [5.74, 6) is 0.340. The second kappa shape index (κ2) is 6.55. The molecule has 0 aliphatic heterocycles. The highest BCUT2D eigenvalue weighted by molar-refractivity contribution is 5.45. The minimum Gasteiger partial charge on any atom is -0.396 e. The van der Waals surface area contributed by atoms with Gasteiger partial charge in [-0.15, -0.1) is 0 Å². The molecule has 1 unspecified atom stereocenters. The lowest BCUT2D eigenvalue weighted by Gasteiger charge is -2.09. The van der Waals surface area contributed by atoms with E-state index < -0.39 is 0 Å². The molecule has 60 valence electrons. The predicted molar refractivity (Wildman–Crippen MR) is 39.6 cm³/mol. The van der Waals surface area contributed by atoms with Gasteiger partial charge in [0.1, 0.15) is 0 Å². The number of hydrogen-bond donors (Lipinski definition) is 2. The molecule has 0 spiro atoms. The molecular formula is C7H15NO2. The van der Waals surface area contributed by atoms with Crippen LogP contribution in [0.4, 0.5) is 0 Å². The van der Waals surface area contributed by atoms with Crippen LogP contribution in [-0.4, -0.2) is 24.7 Å². The predicted octanol–water partition coefficient (Wildman–Crippen LogP) is 0.141. The third kappa shape index (κ3) is 4.32. The van der Waals surface area contributed by atoms with Crippen LogP contribution in [0.1, 0.15) is 19.8 Å². The molecule has 0 heterocycles. The Bertz CT molecular complexity index is 81.7. The van der Waals surface area contributed by atoms with Crippen molar-refractivity contribution in [3.63, 3.8) is 0 Å². The van der Waals surface area contributed by atoms with Crippen molar-refractivity contribution >= 4 is 6.41 Å². The second-order valence-electron chi connectivity index (χ2n) is 2.32. The summed E-state index contributed by atoms with van der Waals surface area (Å²) < 4.78 is 0. The van der Waals surface area contributed by atoms with Crippen molar-refractivity contribution in [1.82, 2.24) is 5.32 Å². The van der Waals surface area contributed by atoms with Gasteiger partial charge in [-0.3, -0.25) is 4.79 Å². The molecule has 0 aromatic heterocycles. The second-order valence-corrected chi connectivity index (χ2v) is 2.32. The van der Waals surface area contributed by atoms with Gasteiger partial charge in [0, 0.05) is 13.2 Å². The maximum Gasteiger partial charge on any atom is 0.207 e. The highest BCUT2D eigenvalue weighted by Gasteiger charge is 2.01. The van der Waals surface area contributed by atoms with E-state index >= 15 is 0 Å². The Kier molecular flexibility index (Phi) is 6.18. The molecule has 10 heavy (non-hydrogen) atoms. The van der Waals surface area contributed by atoms with Crippen molar-refractivity contribution in [1.29, 1.82) is 0 Å². The van der Waals surface area contributed by atoms with Gasteiger partial charge in [0.05, 0.1) is 0 Å². The van der Waals surface area contributed by atoms with E-state index in [2.05, 4.69) is 5.32 Å². The fraction of sp³-hybridized carbons (Fsp3) is 0.857. The van der Waals surface area contributed by atoms with Crippen LogP contribution in [-0.2, 0) is 4.79 Å². The summed E-state index contributed by atoms with van der Waals surface area (Å²) >= 11 is 0. The number of hydrogen-bond acceptors (Lipinski definition) is 2. The normalized spacial score (nSPS) is 12.6. The van der Waals surface area contributed by atoms with Crippen molar-refractivity contribution in [3.8, 4) is 0 Å². The quantitative estimate of drug-likeness (QED) is 0.412. The molecule has 0 radical (unpaired) electrons. The molecule has 3 heteroatoms. The molecular weight excluding hydrogens is 130 g/mol. The average molecular weight is 145 g/mol. The molecule has 0 aliphatic rings. The van der Waals surface area contributed by atoms with Crippen LogP contribution in [0, 0.1) is 5.92 Å². The molecule has 0 aromatic carbocycles. The van der Waals surface area contributed by atoms with Crippen molar-refractivity contribution in [2.24, 2.45) is 5.92 Å². The summed E-state index contributed by atoms with van der Waals surface area (Å²) in [6.45, 7) is 2.92. The van der Waals surface area contributed by atoms with Crippen LogP contribution < -0.4 is 5.32 Å². The fourth-order valence-corrected chi connectivity index (χ4v) is 0.771. The van der Waals surface area contributed by atoms with Gasteiger partial charge in [0.15, 0.2) is 0 Å². The van der Waals surface area contributed by atoms with E-state index in [1.807, 2.05) is 6.92 Å². The molecule has 2 N–H and O–H groups in total. The van der Waals surface area contributed by atoms with Crippen LogP contribution >= 0.6 is 0 Å². The lowest BCUT2D eigenvalue weighted by atomic mass is 10.0. The summed E-state index contributed by atoms with van der Waals surface area (Å²) in [6, 6.07) is 0. The van der Waals surface area contributed by atoms with E-state index in [-0.39, 0.29) is 6.61 Å². The first-order valence-corrected chi connectivity index (χ1v) is 3.63. The van der Waals surface area contributed by atoms with Gasteiger partial charge < -0.3 is 10.4 Å². The van der Waals surface area contributed by atoms with Gasteiger partial charge >= 0.3 is 0 Å². The first-order chi connectivity index (χ1) is 4.85. The lowest BCUT2D eigenvalue weighted by molar-refractivity contribution is -0.109. The van der Waals surface area contributed by atoms with Crippen LogP contribution in [0.25, 0.3) is 0 Å². The van der Waals surface area contributed by atoms with E-state index in [1.54, 1.807) is 0 Å². The minimum absolute atomic E-state index is 0.219. The van der Waals surface area contributed by atoms with Gasteiger partial charge in [-0.25, -0.2) is 0 Å². The van der Waals surface area contributed by atoms with E-state index in [0.717, 1.165) is 12.8 Å². The summed E-state index contributed by atoms with van der Waals surface area (Å²) in [6.07, 6.45) is 2.52. The Morgan fingerprint density at radius 2 is 2.40 bits per heavy atom. The van der Waals surface area contributed by atoms with E-state index in [9.17, 15) is 4.79 Å². The van der Waals surface area contributed by atoms with Gasteiger partial charge in [-0.1, -0.05) is 13.3 Å². The number of carbonyl (C=O) groups is 1. The highest BCUT2D eigenvalue weighted by atomic mass is 16.3. The molecule has 1 atom stereocenters. The van der Waals surface area contributed by atoms with Crippen LogP contribution in [0.15, 0.2) is 0 Å². The maximum absolute atomic E-state index is 9.79. The van der Waals surface area contributed by atoms with Crippen LogP contribution in [0.2, 0.25) is 0 Å². The van der Waals surface area contributed by atoms with Gasteiger partial charge in [-0.2, -0.15) is 0 Å². The summed E-state index contributed by atoms with van der Waals surface area (Å²) in [5.41, 5.74) is 0. The van der Waals surface area contributed by atoms with Gasteiger partial charge in [-0.05, 0) is 12.3 Å². The van der Waals surface area contributed by atoms with Crippen LogP contribution in [0.5, 0.6) is 0 Å². The van der Waals surface area contributed by atoms with Gasteiger partial charge in [0.2, 0.25) is 6.41 Å². The molecule has 0 saturated carbocycles. The fourth-order valence-electron chi connectivity index (χ4n) is 0.771. The third-order valence-corrected chi connectivity index (χ3v) is 1.62. The zero-order chi connectivity index (χ0) is 7.82. The van der Waals surface area contributed by atoms with Gasteiger partial charge in [0.25, 0.3) is 0 Å². The SMILES string of the molecule is CCC(CO)CCNC=O. The average Bonchev–Trinajstić information content (AvgIpc) is 1.99. The Morgan fingerprint density at radius 1 is 1.70 bits per heavy atom. The van der Waals surface area contributed by atoms with E-state index in [1.165, 1.54) is 0 Å². The molecule has 0 fully saturated rings. The number of amides is 1. The Labute approximate surface area is 61.4 Å². The minimum atomic E-state index is 0.219. The number of aliphatic hydroxyl groups is 1. The van der Waals surface area contributed by atoms with Crippen molar-refractivity contribution in [2.45, 2.75) is 19.8 Å². The highest BCUT2D eigenvalue weighted by Crippen LogP contribution is 2.04. The molecule has 0 aliphatic carbocycles. The van der Waals surface area contributed by atoms with Crippen molar-refractivity contribution < 1.29 is 9.90 Å². The molecule has 0 aromatic rings. The number of nitrogens with one attached hydrogen (secondary N) is 1. The summed E-state index contributed by atoms with van der Waals surface area (Å²) in [7, 11) is 0. The van der Waals surface area contributed by atoms with Crippen molar-refractivity contribution in [3.05, 3.63) is 0 Å². The van der Waals surface area contributed by atoms with Crippen LogP contribution in [0.3, 0.4) is 0 Å². The monoisotopic (exact) mass is 145 g/mol. The largest absolute Gasteiger partial charge is 0.396 e. The maximum atomic E-state index is 9.79. The smallest absolute Gasteiger partial charge is 0.207 e.